The van der Waals surface area contributed by atoms with E-state index >= 15 is 0 Å². The number of benzene rings is 1. The van der Waals surface area contributed by atoms with Crippen LogP contribution in [0.15, 0.2) is 41.3 Å². The summed E-state index contributed by atoms with van der Waals surface area (Å²) in [7, 11) is -3.92. The van der Waals surface area contributed by atoms with Crippen LogP contribution in [0, 0.1) is 6.92 Å². The summed E-state index contributed by atoms with van der Waals surface area (Å²) in [4.78, 5) is 16.5. The first kappa shape index (κ1) is 19.1. The molecule has 1 amide bonds. The minimum atomic E-state index is -3.92. The Labute approximate surface area is 158 Å². The molecule has 0 saturated carbocycles. The van der Waals surface area contributed by atoms with Crippen LogP contribution in [0.25, 0.3) is 0 Å². The van der Waals surface area contributed by atoms with Crippen molar-refractivity contribution in [2.24, 2.45) is 0 Å². The second-order valence-electron chi connectivity index (χ2n) is 6.16. The fraction of sp³-hybridized carbons (Fsp3) is 0.333. The molecule has 27 heavy (non-hydrogen) atoms. The van der Waals surface area contributed by atoms with Crippen LogP contribution in [0.5, 0.6) is 11.5 Å². The summed E-state index contributed by atoms with van der Waals surface area (Å²) < 4.78 is 38.6. The third-order valence-corrected chi connectivity index (χ3v) is 5.43. The monoisotopic (exact) mass is 391 g/mol. The zero-order valence-electron chi connectivity index (χ0n) is 15.1. The second kappa shape index (κ2) is 7.93. The van der Waals surface area contributed by atoms with Crippen molar-refractivity contribution in [2.45, 2.75) is 31.2 Å². The van der Waals surface area contributed by atoms with Crippen molar-refractivity contribution in [1.29, 1.82) is 0 Å². The fourth-order valence-corrected chi connectivity index (χ4v) is 3.73. The van der Waals surface area contributed by atoms with E-state index in [0.29, 0.717) is 30.5 Å². The molecule has 9 heteroatoms. The molecule has 2 heterocycles. The van der Waals surface area contributed by atoms with Crippen LogP contribution in [0.1, 0.15) is 19.0 Å². The first-order valence-corrected chi connectivity index (χ1v) is 10.00. The van der Waals surface area contributed by atoms with Crippen molar-refractivity contribution in [3.8, 4) is 11.5 Å². The van der Waals surface area contributed by atoms with Gasteiger partial charge < -0.3 is 14.8 Å². The van der Waals surface area contributed by atoms with Gasteiger partial charge in [-0.2, -0.15) is 4.72 Å². The third-order valence-electron chi connectivity index (χ3n) is 3.89. The molecule has 0 aliphatic carbocycles. The predicted molar refractivity (Wildman–Crippen MR) is 99.4 cm³/mol. The summed E-state index contributed by atoms with van der Waals surface area (Å²) in [5.74, 6) is 0.729. The van der Waals surface area contributed by atoms with Gasteiger partial charge in [0.15, 0.2) is 11.5 Å². The Morgan fingerprint density at radius 2 is 1.89 bits per heavy atom. The molecule has 1 aromatic carbocycles. The van der Waals surface area contributed by atoms with Gasteiger partial charge >= 0.3 is 0 Å². The van der Waals surface area contributed by atoms with E-state index in [1.807, 2.05) is 0 Å². The minimum absolute atomic E-state index is 0.0000746. The zero-order chi connectivity index (χ0) is 19.4. The number of anilines is 1. The number of sulfonamides is 1. The number of fused-ring (bicyclic) bond motifs is 1. The zero-order valence-corrected chi connectivity index (χ0v) is 15.9. The van der Waals surface area contributed by atoms with E-state index in [2.05, 4.69) is 15.0 Å². The highest BCUT2D eigenvalue weighted by atomic mass is 32.2. The number of aryl methyl sites for hydroxylation is 1. The van der Waals surface area contributed by atoms with E-state index in [-0.39, 0.29) is 4.90 Å². The van der Waals surface area contributed by atoms with Crippen molar-refractivity contribution in [1.82, 2.24) is 9.71 Å². The number of carbonyl (C=O) groups is 1. The van der Waals surface area contributed by atoms with Gasteiger partial charge in [-0.1, -0.05) is 6.07 Å². The molecule has 0 radical (unpaired) electrons. The Bertz CT molecular complexity index is 946. The summed E-state index contributed by atoms with van der Waals surface area (Å²) >= 11 is 0. The summed E-state index contributed by atoms with van der Waals surface area (Å²) in [6, 6.07) is 8.56. The lowest BCUT2D eigenvalue weighted by Gasteiger charge is -2.15. The summed E-state index contributed by atoms with van der Waals surface area (Å²) in [5.41, 5.74) is 0.744. The summed E-state index contributed by atoms with van der Waals surface area (Å²) in [6.07, 6.45) is 0.721. The molecule has 2 aromatic rings. The average molecular weight is 391 g/mol. The van der Waals surface area contributed by atoms with Gasteiger partial charge in [0.05, 0.1) is 24.2 Å². The third kappa shape index (κ3) is 4.75. The maximum atomic E-state index is 12.6. The number of nitrogens with zero attached hydrogens (tertiary/aromatic N) is 1. The number of carbonyl (C=O) groups excluding carboxylic acids is 1. The Morgan fingerprint density at radius 3 is 2.63 bits per heavy atom. The Morgan fingerprint density at radius 1 is 1.15 bits per heavy atom. The Hall–Kier alpha value is -2.65. The number of amides is 1. The molecule has 0 bridgehead atoms. The molecule has 8 nitrogen and oxygen atoms in total. The van der Waals surface area contributed by atoms with Gasteiger partial charge in [-0.05, 0) is 38.1 Å². The van der Waals surface area contributed by atoms with E-state index in [0.717, 1.165) is 12.1 Å². The number of nitrogens with one attached hydrogen (secondary N) is 2. The van der Waals surface area contributed by atoms with Crippen LogP contribution < -0.4 is 19.5 Å². The number of hydrogen-bond acceptors (Lipinski definition) is 6. The number of hydrogen-bond donors (Lipinski definition) is 2. The van der Waals surface area contributed by atoms with Gasteiger partial charge in [0.25, 0.3) is 0 Å². The van der Waals surface area contributed by atoms with E-state index in [4.69, 9.17) is 9.47 Å². The van der Waals surface area contributed by atoms with Crippen LogP contribution in [-0.2, 0) is 14.8 Å². The lowest BCUT2D eigenvalue weighted by molar-refractivity contribution is -0.117. The number of pyridine rings is 1. The van der Waals surface area contributed by atoms with Crippen molar-refractivity contribution >= 4 is 21.7 Å². The standard InChI is InChI=1S/C18H21N3O5S/c1-12-5-3-6-17(19-12)20-18(22)13(2)21-27(23,24)14-7-8-15-16(11-14)26-10-4-9-25-15/h3,5-8,11,13,21H,4,9-10H2,1-2H3,(H,19,20,22)/t13-/m0/s1. The number of aromatic nitrogens is 1. The van der Waals surface area contributed by atoms with Gasteiger partial charge in [-0.25, -0.2) is 13.4 Å². The molecule has 1 aliphatic heterocycles. The molecule has 0 fully saturated rings. The maximum absolute atomic E-state index is 12.6. The maximum Gasteiger partial charge on any atom is 0.243 e. The molecular weight excluding hydrogens is 370 g/mol. The van der Waals surface area contributed by atoms with Gasteiger partial charge in [0.1, 0.15) is 5.82 Å². The van der Waals surface area contributed by atoms with Crippen molar-refractivity contribution in [3.63, 3.8) is 0 Å². The van der Waals surface area contributed by atoms with Crippen LogP contribution in [-0.4, -0.2) is 38.6 Å². The molecule has 3 rings (SSSR count). The highest BCUT2D eigenvalue weighted by Crippen LogP contribution is 2.31. The Kier molecular flexibility index (Phi) is 5.62. The smallest absolute Gasteiger partial charge is 0.243 e. The predicted octanol–water partition coefficient (Wildman–Crippen LogP) is 1.86. The molecule has 0 spiro atoms. The van der Waals surface area contributed by atoms with E-state index in [1.54, 1.807) is 31.2 Å². The van der Waals surface area contributed by atoms with Gasteiger partial charge in [-0.3, -0.25) is 4.79 Å². The largest absolute Gasteiger partial charge is 0.490 e. The van der Waals surface area contributed by atoms with E-state index in [9.17, 15) is 13.2 Å². The quantitative estimate of drug-likeness (QED) is 0.806. The Balaban J connectivity index is 1.71. The lowest BCUT2D eigenvalue weighted by atomic mass is 10.3. The minimum Gasteiger partial charge on any atom is -0.490 e. The summed E-state index contributed by atoms with van der Waals surface area (Å²) in [5, 5.41) is 2.59. The van der Waals surface area contributed by atoms with Crippen molar-refractivity contribution in [2.75, 3.05) is 18.5 Å². The van der Waals surface area contributed by atoms with Crippen LogP contribution in [0.3, 0.4) is 0 Å². The molecule has 1 aliphatic rings. The molecule has 1 aromatic heterocycles. The number of ether oxygens (including phenoxy) is 2. The molecule has 2 N–H and O–H groups in total. The van der Waals surface area contributed by atoms with Gasteiger partial charge in [0, 0.05) is 18.2 Å². The highest BCUT2D eigenvalue weighted by Gasteiger charge is 2.24. The topological polar surface area (TPSA) is 107 Å². The fourth-order valence-electron chi connectivity index (χ4n) is 2.51. The number of rotatable bonds is 5. The van der Waals surface area contributed by atoms with Gasteiger partial charge in [-0.15, -0.1) is 0 Å². The molecule has 0 saturated heterocycles. The second-order valence-corrected chi connectivity index (χ2v) is 7.87. The van der Waals surface area contributed by atoms with Gasteiger partial charge in [0.2, 0.25) is 15.9 Å². The van der Waals surface area contributed by atoms with Crippen LogP contribution in [0.4, 0.5) is 5.82 Å². The molecule has 0 unspecified atom stereocenters. The molecule has 144 valence electrons. The average Bonchev–Trinajstić information content (AvgIpc) is 2.86. The summed E-state index contributed by atoms with van der Waals surface area (Å²) in [6.45, 7) is 4.23. The van der Waals surface area contributed by atoms with E-state index in [1.165, 1.54) is 19.1 Å². The first-order valence-electron chi connectivity index (χ1n) is 8.52. The van der Waals surface area contributed by atoms with Crippen LogP contribution >= 0.6 is 0 Å². The normalized spacial score (nSPS) is 14.9. The SMILES string of the molecule is Cc1cccc(NC(=O)[C@H](C)NS(=O)(=O)c2ccc3c(c2)OCCCO3)n1. The highest BCUT2D eigenvalue weighted by molar-refractivity contribution is 7.89. The molecular formula is C18H21N3O5S. The van der Waals surface area contributed by atoms with E-state index < -0.39 is 22.0 Å². The molecule has 1 atom stereocenters. The van der Waals surface area contributed by atoms with Crippen LogP contribution in [0.2, 0.25) is 0 Å². The van der Waals surface area contributed by atoms with Crippen molar-refractivity contribution < 1.29 is 22.7 Å². The first-order chi connectivity index (χ1) is 12.8. The lowest BCUT2D eigenvalue weighted by Crippen LogP contribution is -2.41. The van der Waals surface area contributed by atoms with Crippen molar-refractivity contribution in [3.05, 3.63) is 42.1 Å².